The minimum Gasteiger partial charge on any atom is -0.464 e. The Bertz CT molecular complexity index is 858. The highest BCUT2D eigenvalue weighted by Gasteiger charge is 2.29. The Kier molecular flexibility index (Phi) is 4.58. The van der Waals surface area contributed by atoms with Gasteiger partial charge in [0, 0.05) is 5.56 Å². The van der Waals surface area contributed by atoms with Crippen molar-refractivity contribution in [1.29, 1.82) is 0 Å². The van der Waals surface area contributed by atoms with Crippen molar-refractivity contribution in [2.24, 2.45) is 5.14 Å². The van der Waals surface area contributed by atoms with Crippen molar-refractivity contribution in [3.8, 4) is 0 Å². The maximum Gasteiger partial charge on any atom is 0.256 e. The largest absolute Gasteiger partial charge is 0.464 e. The molecule has 0 saturated heterocycles. The third kappa shape index (κ3) is 3.43. The summed E-state index contributed by atoms with van der Waals surface area (Å²) in [5.74, 6) is -0.996. The molecule has 3 N–H and O–H groups in total. The van der Waals surface area contributed by atoms with E-state index in [1.165, 1.54) is 32.0 Å². The Morgan fingerprint density at radius 2 is 1.87 bits per heavy atom. The molecule has 0 saturated carbocycles. The summed E-state index contributed by atoms with van der Waals surface area (Å²) in [6.45, 7) is 4.46. The van der Waals surface area contributed by atoms with Crippen molar-refractivity contribution in [2.75, 3.05) is 0 Å². The number of furan rings is 1. The molecule has 8 heteroatoms. The molecule has 1 aromatic carbocycles. The van der Waals surface area contributed by atoms with Crippen molar-refractivity contribution >= 4 is 15.9 Å². The second-order valence-electron chi connectivity index (χ2n) is 5.18. The van der Waals surface area contributed by atoms with Gasteiger partial charge in [0.25, 0.3) is 5.91 Å². The fourth-order valence-corrected chi connectivity index (χ4v) is 3.40. The van der Waals surface area contributed by atoms with Gasteiger partial charge in [0.1, 0.15) is 27.8 Å². The number of carbonyl (C=O) groups is 1. The number of halogens is 1. The first-order valence-electron chi connectivity index (χ1n) is 6.81. The van der Waals surface area contributed by atoms with Gasteiger partial charge in [0.15, 0.2) is 0 Å². The monoisotopic (exact) mass is 340 g/mol. The van der Waals surface area contributed by atoms with Gasteiger partial charge < -0.3 is 9.73 Å². The summed E-state index contributed by atoms with van der Waals surface area (Å²) in [6.07, 6.45) is 0. The number of sulfonamides is 1. The lowest BCUT2D eigenvalue weighted by Crippen LogP contribution is -2.29. The van der Waals surface area contributed by atoms with E-state index in [9.17, 15) is 17.6 Å². The standard InChI is InChI=1S/C15H17FN2O4S/c1-8(11-6-4-5-7-12(11)16)18-15(19)13-9(2)22-10(3)14(13)23(17,20)21/h4-8H,1-3H3,(H,18,19)(H2,17,20,21)/t8-/m1/s1. The molecule has 2 rings (SSSR count). The molecule has 0 bridgehead atoms. The van der Waals surface area contributed by atoms with E-state index in [2.05, 4.69) is 5.32 Å². The van der Waals surface area contributed by atoms with Crippen LogP contribution in [-0.2, 0) is 10.0 Å². The van der Waals surface area contributed by atoms with Gasteiger partial charge in [-0.25, -0.2) is 17.9 Å². The molecule has 0 fully saturated rings. The number of primary sulfonamides is 1. The van der Waals surface area contributed by atoms with Crippen LogP contribution in [0.2, 0.25) is 0 Å². The van der Waals surface area contributed by atoms with E-state index < -0.39 is 27.8 Å². The number of carbonyl (C=O) groups excluding carboxylic acids is 1. The SMILES string of the molecule is Cc1oc(C)c(S(N)(=O)=O)c1C(=O)N[C@H](C)c1ccccc1F. The maximum atomic E-state index is 13.8. The average molecular weight is 340 g/mol. The first-order chi connectivity index (χ1) is 10.6. The number of hydrogen-bond donors (Lipinski definition) is 2. The zero-order valence-electron chi connectivity index (χ0n) is 12.9. The lowest BCUT2D eigenvalue weighted by Gasteiger charge is -2.15. The van der Waals surface area contributed by atoms with Gasteiger partial charge in [0.05, 0.1) is 6.04 Å². The summed E-state index contributed by atoms with van der Waals surface area (Å²) in [5, 5.41) is 7.71. The molecule has 2 aromatic rings. The zero-order chi connectivity index (χ0) is 17.4. The van der Waals surface area contributed by atoms with Crippen molar-refractivity contribution in [2.45, 2.75) is 31.7 Å². The Hall–Kier alpha value is -2.19. The number of hydrogen-bond acceptors (Lipinski definition) is 4. The summed E-state index contributed by atoms with van der Waals surface area (Å²) >= 11 is 0. The van der Waals surface area contributed by atoms with Gasteiger partial charge in [-0.1, -0.05) is 18.2 Å². The number of aryl methyl sites for hydroxylation is 2. The molecule has 0 spiro atoms. The fourth-order valence-electron chi connectivity index (χ4n) is 2.44. The average Bonchev–Trinajstić information content (AvgIpc) is 2.73. The molecule has 6 nitrogen and oxygen atoms in total. The van der Waals surface area contributed by atoms with Crippen LogP contribution in [0.15, 0.2) is 33.6 Å². The van der Waals surface area contributed by atoms with E-state index in [0.717, 1.165) is 0 Å². The Morgan fingerprint density at radius 3 is 2.43 bits per heavy atom. The smallest absolute Gasteiger partial charge is 0.256 e. The topological polar surface area (TPSA) is 102 Å². The summed E-state index contributed by atoms with van der Waals surface area (Å²) in [6, 6.07) is 5.34. The molecule has 124 valence electrons. The highest BCUT2D eigenvalue weighted by molar-refractivity contribution is 7.89. The highest BCUT2D eigenvalue weighted by Crippen LogP contribution is 2.26. The van der Waals surface area contributed by atoms with Crippen LogP contribution in [0.5, 0.6) is 0 Å². The molecule has 1 aromatic heterocycles. The molecule has 1 atom stereocenters. The minimum absolute atomic E-state index is 0.0358. The first kappa shape index (κ1) is 17.2. The van der Waals surface area contributed by atoms with Crippen LogP contribution in [0, 0.1) is 19.7 Å². The van der Waals surface area contributed by atoms with Crippen LogP contribution in [0.25, 0.3) is 0 Å². The molecule has 0 aliphatic carbocycles. The lowest BCUT2D eigenvalue weighted by molar-refractivity contribution is 0.0935. The van der Waals surface area contributed by atoms with E-state index in [0.29, 0.717) is 0 Å². The number of rotatable bonds is 4. The highest BCUT2D eigenvalue weighted by atomic mass is 32.2. The molecule has 0 unspecified atom stereocenters. The van der Waals surface area contributed by atoms with Crippen LogP contribution in [0.4, 0.5) is 4.39 Å². The van der Waals surface area contributed by atoms with E-state index in [-0.39, 0.29) is 27.5 Å². The Balaban J connectivity index is 2.38. The van der Waals surface area contributed by atoms with E-state index in [1.54, 1.807) is 13.0 Å². The van der Waals surface area contributed by atoms with Gasteiger partial charge in [-0.05, 0) is 26.8 Å². The van der Waals surface area contributed by atoms with Gasteiger partial charge in [-0.3, -0.25) is 4.79 Å². The molecule has 0 aliphatic heterocycles. The van der Waals surface area contributed by atoms with Gasteiger partial charge in [-0.2, -0.15) is 0 Å². The zero-order valence-corrected chi connectivity index (χ0v) is 13.7. The van der Waals surface area contributed by atoms with Crippen molar-refractivity contribution in [3.63, 3.8) is 0 Å². The summed E-state index contributed by atoms with van der Waals surface area (Å²) in [4.78, 5) is 12.1. The summed E-state index contributed by atoms with van der Waals surface area (Å²) < 4.78 is 42.3. The Morgan fingerprint density at radius 1 is 1.26 bits per heavy atom. The van der Waals surface area contributed by atoms with Crippen LogP contribution in [0.3, 0.4) is 0 Å². The number of nitrogens with one attached hydrogen (secondary N) is 1. The van der Waals surface area contributed by atoms with Crippen LogP contribution < -0.4 is 10.5 Å². The van der Waals surface area contributed by atoms with Gasteiger partial charge >= 0.3 is 0 Å². The maximum absolute atomic E-state index is 13.8. The molecule has 1 amide bonds. The summed E-state index contributed by atoms with van der Waals surface area (Å²) in [7, 11) is -4.13. The van der Waals surface area contributed by atoms with Crippen LogP contribution >= 0.6 is 0 Å². The fraction of sp³-hybridized carbons (Fsp3) is 0.267. The summed E-state index contributed by atoms with van der Waals surface area (Å²) in [5.41, 5.74) is 0.129. The third-order valence-electron chi connectivity index (χ3n) is 3.44. The Labute approximate surface area is 133 Å². The van der Waals surface area contributed by atoms with Crippen LogP contribution in [0.1, 0.15) is 40.4 Å². The van der Waals surface area contributed by atoms with Crippen molar-refractivity contribution < 1.29 is 22.0 Å². The van der Waals surface area contributed by atoms with Crippen molar-refractivity contribution in [3.05, 3.63) is 52.7 Å². The van der Waals surface area contributed by atoms with E-state index >= 15 is 0 Å². The molecular formula is C15H17FN2O4S. The number of amides is 1. The normalized spacial score (nSPS) is 12.9. The lowest BCUT2D eigenvalue weighted by atomic mass is 10.1. The third-order valence-corrected chi connectivity index (χ3v) is 4.50. The van der Waals surface area contributed by atoms with E-state index in [4.69, 9.17) is 9.56 Å². The van der Waals surface area contributed by atoms with Crippen LogP contribution in [-0.4, -0.2) is 14.3 Å². The molecule has 23 heavy (non-hydrogen) atoms. The van der Waals surface area contributed by atoms with Gasteiger partial charge in [0.2, 0.25) is 10.0 Å². The van der Waals surface area contributed by atoms with Crippen molar-refractivity contribution in [1.82, 2.24) is 5.32 Å². The second-order valence-corrected chi connectivity index (χ2v) is 6.68. The quantitative estimate of drug-likeness (QED) is 0.890. The second kappa shape index (κ2) is 6.13. The number of nitrogens with two attached hydrogens (primary N) is 1. The predicted molar refractivity (Wildman–Crippen MR) is 81.8 cm³/mol. The molecule has 0 aliphatic rings. The first-order valence-corrected chi connectivity index (χ1v) is 8.35. The minimum atomic E-state index is -4.13. The predicted octanol–water partition coefficient (Wildman–Crippen LogP) is 2.17. The molecular weight excluding hydrogens is 323 g/mol. The van der Waals surface area contributed by atoms with E-state index in [1.807, 2.05) is 0 Å². The molecule has 0 radical (unpaired) electrons. The molecule has 1 heterocycles. The van der Waals surface area contributed by atoms with Gasteiger partial charge in [-0.15, -0.1) is 0 Å². The number of benzene rings is 1.